The first kappa shape index (κ1) is 14.0. The Morgan fingerprint density at radius 3 is 2.90 bits per heavy atom. The van der Waals surface area contributed by atoms with Crippen molar-refractivity contribution in [3.8, 4) is 0 Å². The predicted octanol–water partition coefficient (Wildman–Crippen LogP) is 2.58. The van der Waals surface area contributed by atoms with Gasteiger partial charge in [0.05, 0.1) is 24.2 Å². The highest BCUT2D eigenvalue weighted by Gasteiger charge is 2.25. The second kappa shape index (κ2) is 6.22. The number of ether oxygens (including phenoxy) is 1. The van der Waals surface area contributed by atoms with Gasteiger partial charge in [0, 0.05) is 22.5 Å². The zero-order valence-corrected chi connectivity index (χ0v) is 12.7. The first-order valence-corrected chi connectivity index (χ1v) is 8.46. The molecule has 0 unspecified atom stereocenters. The molecular weight excluding hydrogens is 294 g/mol. The molecule has 2 aromatic heterocycles. The standard InChI is InChI=1S/C14H17NO3S2/c16-6-7-18-10-1-4-15(5-2-10)14(17)13-9-12-11(20-13)3-8-19-12/h3,8-10,16H,1-2,4-7H2. The van der Waals surface area contributed by atoms with Gasteiger partial charge in [-0.2, -0.15) is 0 Å². The van der Waals surface area contributed by atoms with E-state index in [4.69, 9.17) is 9.84 Å². The van der Waals surface area contributed by atoms with Crippen LogP contribution in [-0.4, -0.2) is 48.3 Å². The van der Waals surface area contributed by atoms with Gasteiger partial charge in [-0.3, -0.25) is 4.79 Å². The minimum atomic E-state index is 0.0606. The second-order valence-corrected chi connectivity index (χ2v) is 6.88. The maximum Gasteiger partial charge on any atom is 0.263 e. The lowest BCUT2D eigenvalue weighted by Gasteiger charge is -2.31. The molecule has 1 N–H and O–H groups in total. The summed E-state index contributed by atoms with van der Waals surface area (Å²) < 4.78 is 7.91. The van der Waals surface area contributed by atoms with Crippen LogP contribution in [0, 0.1) is 0 Å². The fourth-order valence-corrected chi connectivity index (χ4v) is 4.55. The Bertz CT molecular complexity index is 556. The number of thiophene rings is 2. The Morgan fingerprint density at radius 2 is 2.20 bits per heavy atom. The number of nitrogens with zero attached hydrogens (tertiary/aromatic N) is 1. The smallest absolute Gasteiger partial charge is 0.263 e. The van der Waals surface area contributed by atoms with Crippen molar-refractivity contribution in [1.82, 2.24) is 4.90 Å². The number of hydrogen-bond acceptors (Lipinski definition) is 5. The molecule has 0 atom stereocenters. The van der Waals surface area contributed by atoms with Gasteiger partial charge in [-0.25, -0.2) is 0 Å². The average Bonchev–Trinajstić information content (AvgIpc) is 3.06. The van der Waals surface area contributed by atoms with E-state index in [2.05, 4.69) is 11.4 Å². The van der Waals surface area contributed by atoms with Gasteiger partial charge in [0.2, 0.25) is 0 Å². The van der Waals surface area contributed by atoms with E-state index in [-0.39, 0.29) is 18.6 Å². The Morgan fingerprint density at radius 1 is 1.40 bits per heavy atom. The van der Waals surface area contributed by atoms with Crippen molar-refractivity contribution < 1.29 is 14.6 Å². The summed E-state index contributed by atoms with van der Waals surface area (Å²) in [6.07, 6.45) is 1.88. The van der Waals surface area contributed by atoms with Crippen LogP contribution >= 0.6 is 22.7 Å². The number of amides is 1. The van der Waals surface area contributed by atoms with E-state index in [1.807, 2.05) is 11.0 Å². The number of aliphatic hydroxyl groups is 1. The van der Waals surface area contributed by atoms with E-state index >= 15 is 0 Å². The Labute approximate surface area is 125 Å². The van der Waals surface area contributed by atoms with E-state index in [0.29, 0.717) is 6.61 Å². The molecule has 4 nitrogen and oxygen atoms in total. The third-order valence-electron chi connectivity index (χ3n) is 3.52. The van der Waals surface area contributed by atoms with Crippen molar-refractivity contribution in [3.63, 3.8) is 0 Å². The lowest BCUT2D eigenvalue weighted by Crippen LogP contribution is -2.40. The zero-order valence-electron chi connectivity index (χ0n) is 11.1. The largest absolute Gasteiger partial charge is 0.394 e. The van der Waals surface area contributed by atoms with E-state index in [1.165, 1.54) is 9.40 Å². The van der Waals surface area contributed by atoms with E-state index in [1.54, 1.807) is 22.7 Å². The zero-order chi connectivity index (χ0) is 13.9. The van der Waals surface area contributed by atoms with Crippen LogP contribution < -0.4 is 0 Å². The molecule has 1 saturated heterocycles. The van der Waals surface area contributed by atoms with Crippen molar-refractivity contribution in [3.05, 3.63) is 22.4 Å². The van der Waals surface area contributed by atoms with Crippen LogP contribution in [-0.2, 0) is 4.74 Å². The molecule has 6 heteroatoms. The number of likely N-dealkylation sites (tertiary alicyclic amines) is 1. The fourth-order valence-electron chi connectivity index (χ4n) is 2.47. The van der Waals surface area contributed by atoms with Gasteiger partial charge in [0.1, 0.15) is 0 Å². The summed E-state index contributed by atoms with van der Waals surface area (Å²) in [5.41, 5.74) is 0. The molecule has 0 bridgehead atoms. The third-order valence-corrected chi connectivity index (χ3v) is 5.61. The molecule has 1 fully saturated rings. The van der Waals surface area contributed by atoms with Crippen LogP contribution in [0.15, 0.2) is 17.5 Å². The molecule has 2 aromatic rings. The summed E-state index contributed by atoms with van der Waals surface area (Å²) >= 11 is 3.25. The van der Waals surface area contributed by atoms with Crippen LogP contribution in [0.1, 0.15) is 22.5 Å². The number of carbonyl (C=O) groups excluding carboxylic acids is 1. The second-order valence-electron chi connectivity index (χ2n) is 4.85. The molecule has 0 saturated carbocycles. The van der Waals surface area contributed by atoms with Gasteiger partial charge in [-0.1, -0.05) is 0 Å². The first-order valence-electron chi connectivity index (χ1n) is 6.76. The number of rotatable bonds is 4. The number of hydrogen-bond donors (Lipinski definition) is 1. The summed E-state index contributed by atoms with van der Waals surface area (Å²) in [6, 6.07) is 4.07. The van der Waals surface area contributed by atoms with Crippen molar-refractivity contribution in [1.29, 1.82) is 0 Å². The van der Waals surface area contributed by atoms with Crippen LogP contribution in [0.4, 0.5) is 0 Å². The molecule has 3 heterocycles. The number of carbonyl (C=O) groups is 1. The lowest BCUT2D eigenvalue weighted by atomic mass is 10.1. The maximum atomic E-state index is 12.4. The average molecular weight is 311 g/mol. The van der Waals surface area contributed by atoms with Crippen LogP contribution in [0.3, 0.4) is 0 Å². The number of aliphatic hydroxyl groups excluding tert-OH is 1. The van der Waals surface area contributed by atoms with E-state index in [9.17, 15) is 4.79 Å². The SMILES string of the molecule is O=C(c1cc2sccc2s1)N1CCC(OCCO)CC1. The van der Waals surface area contributed by atoms with Gasteiger partial charge in [-0.05, 0) is 30.4 Å². The molecule has 3 rings (SSSR count). The maximum absolute atomic E-state index is 12.4. The van der Waals surface area contributed by atoms with Gasteiger partial charge in [-0.15, -0.1) is 22.7 Å². The Kier molecular flexibility index (Phi) is 4.35. The molecule has 0 radical (unpaired) electrons. The van der Waals surface area contributed by atoms with Crippen molar-refractivity contribution in [2.24, 2.45) is 0 Å². The van der Waals surface area contributed by atoms with Crippen molar-refractivity contribution >= 4 is 38.0 Å². The number of fused-ring (bicyclic) bond motifs is 1. The van der Waals surface area contributed by atoms with Gasteiger partial charge < -0.3 is 14.7 Å². The minimum absolute atomic E-state index is 0.0606. The summed E-state index contributed by atoms with van der Waals surface area (Å²) in [5.74, 6) is 0.138. The van der Waals surface area contributed by atoms with Gasteiger partial charge in [0.15, 0.2) is 0 Å². The third kappa shape index (κ3) is 2.88. The van der Waals surface area contributed by atoms with E-state index in [0.717, 1.165) is 30.8 Å². The highest BCUT2D eigenvalue weighted by molar-refractivity contribution is 7.27. The quantitative estimate of drug-likeness (QED) is 0.944. The molecule has 108 valence electrons. The minimum Gasteiger partial charge on any atom is -0.394 e. The molecular formula is C14H17NO3S2. The Hall–Kier alpha value is -0.950. The molecule has 20 heavy (non-hydrogen) atoms. The summed E-state index contributed by atoms with van der Waals surface area (Å²) in [7, 11) is 0. The summed E-state index contributed by atoms with van der Waals surface area (Å²) in [5, 5.41) is 10.8. The summed E-state index contributed by atoms with van der Waals surface area (Å²) in [4.78, 5) is 15.2. The van der Waals surface area contributed by atoms with Crippen LogP contribution in [0.25, 0.3) is 9.40 Å². The first-order chi connectivity index (χ1) is 9.78. The highest BCUT2D eigenvalue weighted by Crippen LogP contribution is 2.31. The van der Waals surface area contributed by atoms with Gasteiger partial charge >= 0.3 is 0 Å². The lowest BCUT2D eigenvalue weighted by molar-refractivity contribution is -0.00545. The molecule has 0 aromatic carbocycles. The molecule has 1 aliphatic rings. The predicted molar refractivity (Wildman–Crippen MR) is 81.7 cm³/mol. The van der Waals surface area contributed by atoms with Crippen molar-refractivity contribution in [2.45, 2.75) is 18.9 Å². The molecule has 1 aliphatic heterocycles. The summed E-state index contributed by atoms with van der Waals surface area (Å²) in [6.45, 7) is 1.92. The van der Waals surface area contributed by atoms with Crippen LogP contribution in [0.5, 0.6) is 0 Å². The topological polar surface area (TPSA) is 49.8 Å². The fraction of sp³-hybridized carbons (Fsp3) is 0.500. The van der Waals surface area contributed by atoms with Crippen LogP contribution in [0.2, 0.25) is 0 Å². The van der Waals surface area contributed by atoms with Gasteiger partial charge in [0.25, 0.3) is 5.91 Å². The van der Waals surface area contributed by atoms with Crippen molar-refractivity contribution in [2.75, 3.05) is 26.3 Å². The van der Waals surface area contributed by atoms with E-state index < -0.39 is 0 Å². The molecule has 0 spiro atoms. The normalized spacial score (nSPS) is 16.9. The molecule has 1 amide bonds. The molecule has 0 aliphatic carbocycles. The number of piperidine rings is 1. The Balaban J connectivity index is 1.60. The monoisotopic (exact) mass is 311 g/mol. The highest BCUT2D eigenvalue weighted by atomic mass is 32.1.